The molecule has 0 aromatic carbocycles. The lowest BCUT2D eigenvalue weighted by molar-refractivity contribution is -0.131. The molecule has 2 aromatic heterocycles. The smallest absolute Gasteiger partial charge is 0.219 e. The highest BCUT2D eigenvalue weighted by Crippen LogP contribution is 2.40. The molecule has 3 heterocycles. The topological polar surface area (TPSA) is 53.7 Å². The summed E-state index contributed by atoms with van der Waals surface area (Å²) in [5.41, 5.74) is 1.87. The first-order valence-electron chi connectivity index (χ1n) is 8.53. The zero-order valence-electron chi connectivity index (χ0n) is 14.1. The number of aromatic nitrogens is 3. The van der Waals surface area contributed by atoms with Crippen LogP contribution in [0.3, 0.4) is 0 Å². The highest BCUT2D eigenvalue weighted by Gasteiger charge is 2.38. The van der Waals surface area contributed by atoms with Crippen LogP contribution in [0.5, 0.6) is 0 Å². The van der Waals surface area contributed by atoms with Crippen LogP contribution >= 0.6 is 11.6 Å². The van der Waals surface area contributed by atoms with E-state index in [1.165, 1.54) is 0 Å². The number of amides is 1. The lowest BCUT2D eigenvalue weighted by atomic mass is 9.78. The minimum Gasteiger partial charge on any atom is -0.340 e. The summed E-state index contributed by atoms with van der Waals surface area (Å²) in [6, 6.07) is 0.606. The number of halogens is 1. The molecule has 2 aliphatic rings. The third-order valence-corrected chi connectivity index (χ3v) is 5.74. The van der Waals surface area contributed by atoms with Gasteiger partial charge in [-0.05, 0) is 19.8 Å². The Morgan fingerprint density at radius 2 is 1.96 bits per heavy atom. The first kappa shape index (κ1) is 15.8. The first-order valence-corrected chi connectivity index (χ1v) is 8.91. The van der Waals surface area contributed by atoms with Gasteiger partial charge >= 0.3 is 0 Å². The van der Waals surface area contributed by atoms with Gasteiger partial charge < -0.3 is 4.90 Å². The Morgan fingerprint density at radius 3 is 2.62 bits per heavy atom. The predicted molar refractivity (Wildman–Crippen MR) is 92.3 cm³/mol. The monoisotopic (exact) mass is 347 g/mol. The van der Waals surface area contributed by atoms with E-state index in [0.717, 1.165) is 56.1 Å². The standard InChI is InChI=1S/C17H22ClN5O/c1-11-15-16(18)19-3-4-23(15)17(20-11)13-9-14(10-13)22-7-5-21(6-8-22)12(2)24/h3-4,13-14H,5-10H2,1-2H3. The van der Waals surface area contributed by atoms with Crippen molar-refractivity contribution in [1.29, 1.82) is 0 Å². The summed E-state index contributed by atoms with van der Waals surface area (Å²) < 4.78 is 2.10. The molecule has 0 spiro atoms. The maximum absolute atomic E-state index is 11.4. The van der Waals surface area contributed by atoms with E-state index in [2.05, 4.69) is 14.3 Å². The molecule has 2 fully saturated rings. The normalized spacial score (nSPS) is 25.0. The van der Waals surface area contributed by atoms with Crippen LogP contribution in [-0.4, -0.2) is 62.3 Å². The van der Waals surface area contributed by atoms with Gasteiger partial charge in [-0.2, -0.15) is 0 Å². The lowest BCUT2D eigenvalue weighted by Gasteiger charge is -2.46. The Kier molecular flexibility index (Phi) is 3.96. The third kappa shape index (κ3) is 2.58. The molecule has 1 saturated carbocycles. The molecule has 1 aliphatic heterocycles. The fraction of sp³-hybridized carbons (Fsp3) is 0.588. The van der Waals surface area contributed by atoms with Gasteiger partial charge in [0.25, 0.3) is 0 Å². The molecule has 0 unspecified atom stereocenters. The highest BCUT2D eigenvalue weighted by atomic mass is 35.5. The zero-order valence-corrected chi connectivity index (χ0v) is 14.8. The van der Waals surface area contributed by atoms with E-state index in [-0.39, 0.29) is 5.91 Å². The zero-order chi connectivity index (χ0) is 16.8. The first-order chi connectivity index (χ1) is 11.5. The third-order valence-electron chi connectivity index (χ3n) is 5.47. The number of piperazine rings is 1. The fourth-order valence-corrected chi connectivity index (χ4v) is 4.26. The van der Waals surface area contributed by atoms with Crippen LogP contribution in [0.25, 0.3) is 5.52 Å². The molecule has 1 aliphatic carbocycles. The SMILES string of the molecule is CC(=O)N1CCN(C2CC(c3nc(C)c4c(Cl)nccn34)C2)CC1. The van der Waals surface area contributed by atoms with Crippen molar-refractivity contribution in [3.05, 3.63) is 29.1 Å². The Hall–Kier alpha value is -1.66. The summed E-state index contributed by atoms with van der Waals surface area (Å²) in [4.78, 5) is 24.8. The minimum atomic E-state index is 0.186. The van der Waals surface area contributed by atoms with Crippen LogP contribution in [0.2, 0.25) is 5.15 Å². The number of nitrogens with zero attached hydrogens (tertiary/aromatic N) is 5. The van der Waals surface area contributed by atoms with Crippen LogP contribution in [-0.2, 0) is 4.79 Å². The fourth-order valence-electron chi connectivity index (χ4n) is 3.98. The van der Waals surface area contributed by atoms with Gasteiger partial charge in [0.2, 0.25) is 5.91 Å². The molecular weight excluding hydrogens is 326 g/mol. The summed E-state index contributed by atoms with van der Waals surface area (Å²) in [5.74, 6) is 1.76. The van der Waals surface area contributed by atoms with Gasteiger partial charge in [0.1, 0.15) is 11.3 Å². The number of carbonyl (C=O) groups is 1. The minimum absolute atomic E-state index is 0.186. The van der Waals surface area contributed by atoms with Crippen molar-refractivity contribution in [2.75, 3.05) is 26.2 Å². The molecule has 0 atom stereocenters. The van der Waals surface area contributed by atoms with Gasteiger partial charge in [0.05, 0.1) is 5.69 Å². The van der Waals surface area contributed by atoms with Gasteiger partial charge in [-0.15, -0.1) is 0 Å². The van der Waals surface area contributed by atoms with Crippen molar-refractivity contribution < 1.29 is 4.79 Å². The van der Waals surface area contributed by atoms with Crippen LogP contribution in [0, 0.1) is 6.92 Å². The Morgan fingerprint density at radius 1 is 1.25 bits per heavy atom. The van der Waals surface area contributed by atoms with Crippen molar-refractivity contribution >= 4 is 23.0 Å². The molecule has 6 nitrogen and oxygen atoms in total. The summed E-state index contributed by atoms with van der Waals surface area (Å²) in [6.07, 6.45) is 5.93. The average molecular weight is 348 g/mol. The van der Waals surface area contributed by atoms with Crippen LogP contribution < -0.4 is 0 Å². The van der Waals surface area contributed by atoms with Gasteiger partial charge in [-0.1, -0.05) is 11.6 Å². The summed E-state index contributed by atoms with van der Waals surface area (Å²) in [5, 5.41) is 0.518. The highest BCUT2D eigenvalue weighted by molar-refractivity contribution is 6.32. The molecule has 0 radical (unpaired) electrons. The van der Waals surface area contributed by atoms with E-state index in [9.17, 15) is 4.79 Å². The molecule has 24 heavy (non-hydrogen) atoms. The maximum atomic E-state index is 11.4. The van der Waals surface area contributed by atoms with Crippen molar-refractivity contribution in [2.45, 2.75) is 38.6 Å². The van der Waals surface area contributed by atoms with Gasteiger partial charge in [-0.3, -0.25) is 14.1 Å². The molecule has 0 N–H and O–H groups in total. The number of fused-ring (bicyclic) bond motifs is 1. The predicted octanol–water partition coefficient (Wildman–Crippen LogP) is 2.10. The van der Waals surface area contributed by atoms with E-state index in [1.807, 2.05) is 18.0 Å². The average Bonchev–Trinajstić information content (AvgIpc) is 2.85. The summed E-state index contributed by atoms with van der Waals surface area (Å²) >= 11 is 6.22. The van der Waals surface area contributed by atoms with Gasteiger partial charge in [-0.25, -0.2) is 9.97 Å². The second-order valence-electron chi connectivity index (χ2n) is 6.86. The van der Waals surface area contributed by atoms with E-state index in [4.69, 9.17) is 16.6 Å². The second-order valence-corrected chi connectivity index (χ2v) is 7.21. The van der Waals surface area contributed by atoms with E-state index in [1.54, 1.807) is 13.1 Å². The van der Waals surface area contributed by atoms with Gasteiger partial charge in [0, 0.05) is 57.5 Å². The van der Waals surface area contributed by atoms with Crippen LogP contribution in [0.4, 0.5) is 0 Å². The van der Waals surface area contributed by atoms with Crippen molar-refractivity contribution in [2.24, 2.45) is 0 Å². The molecule has 2 aromatic rings. The molecule has 0 bridgehead atoms. The summed E-state index contributed by atoms with van der Waals surface area (Å²) in [6.45, 7) is 7.30. The Bertz CT molecular complexity index is 775. The maximum Gasteiger partial charge on any atom is 0.219 e. The molecular formula is C17H22ClN5O. The summed E-state index contributed by atoms with van der Waals surface area (Å²) in [7, 11) is 0. The van der Waals surface area contributed by atoms with E-state index >= 15 is 0 Å². The van der Waals surface area contributed by atoms with Crippen LogP contribution in [0.1, 0.15) is 37.2 Å². The second kappa shape index (κ2) is 6.01. The Labute approximate surface area is 146 Å². The number of hydrogen-bond donors (Lipinski definition) is 0. The molecule has 4 rings (SSSR count). The number of rotatable bonds is 2. The van der Waals surface area contributed by atoms with E-state index in [0.29, 0.717) is 17.1 Å². The van der Waals surface area contributed by atoms with Crippen molar-refractivity contribution in [3.63, 3.8) is 0 Å². The van der Waals surface area contributed by atoms with Crippen molar-refractivity contribution in [3.8, 4) is 0 Å². The number of imidazole rings is 1. The quantitative estimate of drug-likeness (QED) is 0.835. The van der Waals surface area contributed by atoms with E-state index < -0.39 is 0 Å². The number of aryl methyl sites for hydroxylation is 1. The van der Waals surface area contributed by atoms with Crippen LogP contribution in [0.15, 0.2) is 12.4 Å². The van der Waals surface area contributed by atoms with Crippen molar-refractivity contribution in [1.82, 2.24) is 24.2 Å². The molecule has 7 heteroatoms. The van der Waals surface area contributed by atoms with Gasteiger partial charge in [0.15, 0.2) is 5.15 Å². The molecule has 128 valence electrons. The number of hydrogen-bond acceptors (Lipinski definition) is 4. The molecule has 1 saturated heterocycles. The largest absolute Gasteiger partial charge is 0.340 e. The Balaban J connectivity index is 1.43. The number of carbonyl (C=O) groups excluding carboxylic acids is 1. The lowest BCUT2D eigenvalue weighted by Crippen LogP contribution is -2.54. The molecule has 1 amide bonds.